The maximum atomic E-state index is 13.5. The number of ether oxygens (including phenoxy) is 3. The number of hydrogen-bond donors (Lipinski definition) is 0. The van der Waals surface area contributed by atoms with Crippen LogP contribution in [0.15, 0.2) is 73.3 Å². The summed E-state index contributed by atoms with van der Waals surface area (Å²) in [5, 5.41) is 0.778. The van der Waals surface area contributed by atoms with Crippen LogP contribution in [0.3, 0.4) is 0 Å². The number of benzene rings is 2. The van der Waals surface area contributed by atoms with Gasteiger partial charge in [0.15, 0.2) is 5.78 Å². The fourth-order valence-corrected chi connectivity index (χ4v) is 5.40. The molecule has 39 heavy (non-hydrogen) atoms. The normalized spacial score (nSPS) is 16.7. The summed E-state index contributed by atoms with van der Waals surface area (Å²) >= 11 is 0. The highest BCUT2D eigenvalue weighted by Crippen LogP contribution is 2.41. The summed E-state index contributed by atoms with van der Waals surface area (Å²) in [5.41, 5.74) is 2.82. The van der Waals surface area contributed by atoms with Crippen LogP contribution in [-0.4, -0.2) is 54.5 Å². The smallest absolute Gasteiger partial charge is 0.272 e. The SMILES string of the molecule is C=C/C=C\C(=C/C)c1ccc2c(c1)C(=O)CC1(CCN(C(=O)c3cc(OC)c4cccc(OC)c4n3)CC1)O2. The highest BCUT2D eigenvalue weighted by molar-refractivity contribution is 6.02. The Balaban J connectivity index is 1.34. The Morgan fingerprint density at radius 3 is 2.56 bits per heavy atom. The molecule has 7 heteroatoms. The number of para-hydroxylation sites is 1. The van der Waals surface area contributed by atoms with Crippen molar-refractivity contribution in [1.82, 2.24) is 9.88 Å². The maximum absolute atomic E-state index is 13.5. The van der Waals surface area contributed by atoms with Crippen molar-refractivity contribution in [1.29, 1.82) is 0 Å². The van der Waals surface area contributed by atoms with Crippen LogP contribution in [0.4, 0.5) is 0 Å². The lowest BCUT2D eigenvalue weighted by atomic mass is 9.82. The number of amides is 1. The van der Waals surface area contributed by atoms with Crippen molar-refractivity contribution < 1.29 is 23.8 Å². The highest BCUT2D eigenvalue weighted by Gasteiger charge is 2.44. The Hall–Kier alpha value is -4.39. The summed E-state index contributed by atoms with van der Waals surface area (Å²) in [4.78, 5) is 33.2. The molecule has 0 radical (unpaired) electrons. The molecule has 5 rings (SSSR count). The summed E-state index contributed by atoms with van der Waals surface area (Å²) in [6.07, 6.45) is 8.97. The fraction of sp³-hybridized carbons (Fsp3) is 0.281. The van der Waals surface area contributed by atoms with Gasteiger partial charge < -0.3 is 19.1 Å². The molecule has 0 N–H and O–H groups in total. The molecule has 0 bridgehead atoms. The second-order valence-corrected chi connectivity index (χ2v) is 9.79. The summed E-state index contributed by atoms with van der Waals surface area (Å²) in [6, 6.07) is 13.0. The zero-order chi connectivity index (χ0) is 27.6. The van der Waals surface area contributed by atoms with Gasteiger partial charge in [-0.25, -0.2) is 4.98 Å². The molecule has 7 nitrogen and oxygen atoms in total. The van der Waals surface area contributed by atoms with Crippen LogP contribution >= 0.6 is 0 Å². The van der Waals surface area contributed by atoms with Crippen LogP contribution in [0.5, 0.6) is 17.2 Å². The first-order chi connectivity index (χ1) is 18.9. The average Bonchev–Trinajstić information content (AvgIpc) is 2.96. The predicted octanol–water partition coefficient (Wildman–Crippen LogP) is 6.04. The van der Waals surface area contributed by atoms with E-state index in [2.05, 4.69) is 11.6 Å². The molecular weight excluding hydrogens is 492 g/mol. The third-order valence-corrected chi connectivity index (χ3v) is 7.53. The van der Waals surface area contributed by atoms with E-state index in [1.54, 1.807) is 31.3 Å². The van der Waals surface area contributed by atoms with Gasteiger partial charge in [-0.15, -0.1) is 0 Å². The molecule has 1 amide bonds. The molecule has 1 spiro atoms. The van der Waals surface area contributed by atoms with E-state index in [0.717, 1.165) is 16.5 Å². The van der Waals surface area contributed by atoms with Crippen molar-refractivity contribution in [2.75, 3.05) is 27.3 Å². The lowest BCUT2D eigenvalue weighted by molar-refractivity contribution is -0.00585. The van der Waals surface area contributed by atoms with Crippen LogP contribution in [0, 0.1) is 0 Å². The lowest BCUT2D eigenvalue weighted by Crippen LogP contribution is -2.52. The molecule has 1 saturated heterocycles. The van der Waals surface area contributed by atoms with Gasteiger partial charge in [0.2, 0.25) is 0 Å². The standard InChI is InChI=1S/C32H32N2O5/c1-5-7-9-21(6-2)22-12-13-27-24(18-22)26(35)20-32(39-27)14-16-34(17-15-32)31(36)25-19-29(38-4)23-10-8-11-28(37-3)30(23)33-25/h5-13,18-19H,1,14-17,20H2,2-4H3/b9-7-,21-6+. The largest absolute Gasteiger partial charge is 0.496 e. The van der Waals surface area contributed by atoms with E-state index in [4.69, 9.17) is 14.2 Å². The fourth-order valence-electron chi connectivity index (χ4n) is 5.40. The molecule has 1 fully saturated rings. The molecule has 0 saturated carbocycles. The van der Waals surface area contributed by atoms with Gasteiger partial charge in [0.25, 0.3) is 5.91 Å². The Labute approximate surface area is 228 Å². The zero-order valence-electron chi connectivity index (χ0n) is 22.5. The number of methoxy groups -OCH3 is 2. The molecule has 2 aliphatic rings. The van der Waals surface area contributed by atoms with E-state index in [1.807, 2.05) is 61.5 Å². The molecule has 3 aromatic rings. The minimum Gasteiger partial charge on any atom is -0.496 e. The van der Waals surface area contributed by atoms with Crippen molar-refractivity contribution in [3.05, 3.63) is 90.2 Å². The topological polar surface area (TPSA) is 78.0 Å². The third-order valence-electron chi connectivity index (χ3n) is 7.53. The predicted molar refractivity (Wildman–Crippen MR) is 152 cm³/mol. The van der Waals surface area contributed by atoms with Crippen molar-refractivity contribution in [2.45, 2.75) is 31.8 Å². The molecule has 0 atom stereocenters. The van der Waals surface area contributed by atoms with Crippen LogP contribution in [0.1, 0.15) is 52.6 Å². The average molecular weight is 525 g/mol. The summed E-state index contributed by atoms with van der Waals surface area (Å²) in [6.45, 7) is 6.61. The van der Waals surface area contributed by atoms with Crippen LogP contribution in [-0.2, 0) is 0 Å². The highest BCUT2D eigenvalue weighted by atomic mass is 16.5. The first-order valence-corrected chi connectivity index (χ1v) is 13.0. The lowest BCUT2D eigenvalue weighted by Gasteiger charge is -2.44. The van der Waals surface area contributed by atoms with Crippen LogP contribution in [0.2, 0.25) is 0 Å². The Bertz CT molecular complexity index is 1510. The second kappa shape index (κ2) is 10.8. The molecule has 1 aromatic heterocycles. The minimum absolute atomic E-state index is 0.0639. The van der Waals surface area contributed by atoms with Gasteiger partial charge in [0.05, 0.1) is 26.2 Å². The van der Waals surface area contributed by atoms with E-state index in [1.165, 1.54) is 0 Å². The quantitative estimate of drug-likeness (QED) is 0.366. The molecule has 2 aromatic carbocycles. The van der Waals surface area contributed by atoms with Crippen molar-refractivity contribution in [2.24, 2.45) is 0 Å². The Morgan fingerprint density at radius 1 is 1.10 bits per heavy atom. The Morgan fingerprint density at radius 2 is 1.87 bits per heavy atom. The number of Topliss-reactive ketones (excluding diaryl/α,β-unsaturated/α-hetero) is 1. The number of carbonyl (C=O) groups excluding carboxylic acids is 2. The van der Waals surface area contributed by atoms with Crippen LogP contribution in [0.25, 0.3) is 16.5 Å². The monoisotopic (exact) mass is 524 g/mol. The second-order valence-electron chi connectivity index (χ2n) is 9.79. The van der Waals surface area contributed by atoms with E-state index in [0.29, 0.717) is 66.4 Å². The van der Waals surface area contributed by atoms with Gasteiger partial charge in [0.1, 0.15) is 34.1 Å². The number of piperidine rings is 1. The number of nitrogens with zero attached hydrogens (tertiary/aromatic N) is 2. The maximum Gasteiger partial charge on any atom is 0.272 e. The molecule has 0 unspecified atom stereocenters. The van der Waals surface area contributed by atoms with Crippen molar-refractivity contribution >= 4 is 28.2 Å². The molecule has 200 valence electrons. The van der Waals surface area contributed by atoms with Crippen molar-refractivity contribution in [3.63, 3.8) is 0 Å². The zero-order valence-corrected chi connectivity index (χ0v) is 22.5. The number of allylic oxidation sites excluding steroid dienone is 5. The van der Waals surface area contributed by atoms with Crippen LogP contribution < -0.4 is 14.2 Å². The van der Waals surface area contributed by atoms with Gasteiger partial charge in [0, 0.05) is 37.4 Å². The summed E-state index contributed by atoms with van der Waals surface area (Å²) < 4.78 is 17.5. The van der Waals surface area contributed by atoms with Crippen molar-refractivity contribution in [3.8, 4) is 17.2 Å². The minimum atomic E-state index is -0.619. The van der Waals surface area contributed by atoms with Gasteiger partial charge in [-0.3, -0.25) is 9.59 Å². The number of fused-ring (bicyclic) bond motifs is 2. The molecule has 0 aliphatic carbocycles. The molecular formula is C32H32N2O5. The van der Waals surface area contributed by atoms with E-state index in [-0.39, 0.29) is 11.7 Å². The Kier molecular flexibility index (Phi) is 7.24. The number of hydrogen-bond acceptors (Lipinski definition) is 6. The van der Waals surface area contributed by atoms with E-state index >= 15 is 0 Å². The van der Waals surface area contributed by atoms with Gasteiger partial charge in [-0.2, -0.15) is 0 Å². The summed E-state index contributed by atoms with van der Waals surface area (Å²) in [5.74, 6) is 1.62. The van der Waals surface area contributed by atoms with Gasteiger partial charge >= 0.3 is 0 Å². The number of likely N-dealkylation sites (tertiary alicyclic amines) is 1. The number of carbonyl (C=O) groups is 2. The molecule has 3 heterocycles. The number of aromatic nitrogens is 1. The third kappa shape index (κ3) is 4.92. The number of pyridine rings is 1. The van der Waals surface area contributed by atoms with E-state index < -0.39 is 5.60 Å². The first kappa shape index (κ1) is 26.2. The van der Waals surface area contributed by atoms with Gasteiger partial charge in [-0.1, -0.05) is 43.0 Å². The number of ketones is 1. The number of rotatable bonds is 6. The van der Waals surface area contributed by atoms with E-state index in [9.17, 15) is 9.59 Å². The molecule has 2 aliphatic heterocycles. The van der Waals surface area contributed by atoms with Gasteiger partial charge in [-0.05, 0) is 42.3 Å². The summed E-state index contributed by atoms with van der Waals surface area (Å²) in [7, 11) is 3.15. The first-order valence-electron chi connectivity index (χ1n) is 13.0.